The van der Waals surface area contributed by atoms with E-state index in [0.717, 1.165) is 5.56 Å². The number of ether oxygens (including phenoxy) is 2. The number of hydrogen-bond acceptors (Lipinski definition) is 5. The Hall–Kier alpha value is -1.88. The molecule has 0 aliphatic carbocycles. The molecule has 1 rings (SSSR count). The van der Waals surface area contributed by atoms with E-state index in [4.69, 9.17) is 9.47 Å². The predicted molar refractivity (Wildman–Crippen MR) is 84.3 cm³/mol. The van der Waals surface area contributed by atoms with E-state index >= 15 is 0 Å². The summed E-state index contributed by atoms with van der Waals surface area (Å²) in [5.74, 6) is -0.818. The smallest absolute Gasteiger partial charge is 0.327 e. The SMILES string of the molecule is CCOC(=O)C(NC(C)C(=O)OC(C)(C)C)c1ccccc1. The van der Waals surface area contributed by atoms with Gasteiger partial charge in [-0.3, -0.25) is 10.1 Å². The van der Waals surface area contributed by atoms with Gasteiger partial charge in [-0.25, -0.2) is 4.79 Å². The minimum Gasteiger partial charge on any atom is -0.465 e. The van der Waals surface area contributed by atoms with Crippen LogP contribution in [0.1, 0.15) is 46.2 Å². The highest BCUT2D eigenvalue weighted by Gasteiger charge is 2.28. The van der Waals surface area contributed by atoms with Gasteiger partial charge in [-0.2, -0.15) is 0 Å². The molecule has 0 bridgehead atoms. The van der Waals surface area contributed by atoms with Crippen molar-refractivity contribution < 1.29 is 19.1 Å². The topological polar surface area (TPSA) is 64.6 Å². The number of rotatable bonds is 6. The summed E-state index contributed by atoms with van der Waals surface area (Å²) in [6, 6.07) is 7.83. The second-order valence-electron chi connectivity index (χ2n) is 6.02. The zero-order valence-electron chi connectivity index (χ0n) is 13.9. The van der Waals surface area contributed by atoms with Crippen LogP contribution in [-0.2, 0) is 19.1 Å². The van der Waals surface area contributed by atoms with E-state index in [0.29, 0.717) is 0 Å². The van der Waals surface area contributed by atoms with Gasteiger partial charge in [0.05, 0.1) is 6.61 Å². The molecule has 0 aromatic heterocycles. The normalized spacial score (nSPS) is 14.0. The second-order valence-corrected chi connectivity index (χ2v) is 6.02. The zero-order valence-corrected chi connectivity index (χ0v) is 13.9. The van der Waals surface area contributed by atoms with Gasteiger partial charge in [0.2, 0.25) is 0 Å². The Labute approximate surface area is 132 Å². The van der Waals surface area contributed by atoms with E-state index in [1.807, 2.05) is 30.3 Å². The first-order chi connectivity index (χ1) is 10.2. The van der Waals surface area contributed by atoms with Gasteiger partial charge in [0.15, 0.2) is 0 Å². The van der Waals surface area contributed by atoms with Crippen LogP contribution in [0.5, 0.6) is 0 Å². The molecule has 0 heterocycles. The summed E-state index contributed by atoms with van der Waals surface area (Å²) < 4.78 is 10.4. The Kier molecular flexibility index (Phi) is 6.56. The van der Waals surface area contributed by atoms with Gasteiger partial charge < -0.3 is 9.47 Å². The van der Waals surface area contributed by atoms with Gasteiger partial charge in [0.1, 0.15) is 17.7 Å². The lowest BCUT2D eigenvalue weighted by atomic mass is 10.1. The maximum absolute atomic E-state index is 12.2. The molecule has 0 fully saturated rings. The summed E-state index contributed by atoms with van der Waals surface area (Å²) in [5, 5.41) is 2.99. The third-order valence-electron chi connectivity index (χ3n) is 2.83. The van der Waals surface area contributed by atoms with Crippen LogP contribution in [0.2, 0.25) is 0 Å². The fourth-order valence-corrected chi connectivity index (χ4v) is 1.88. The van der Waals surface area contributed by atoms with E-state index in [-0.39, 0.29) is 6.61 Å². The number of hydrogen-bond donors (Lipinski definition) is 1. The van der Waals surface area contributed by atoms with Gasteiger partial charge in [0, 0.05) is 0 Å². The first-order valence-corrected chi connectivity index (χ1v) is 7.45. The Morgan fingerprint density at radius 3 is 2.23 bits per heavy atom. The molecular formula is C17H25NO4. The minimum absolute atomic E-state index is 0.282. The standard InChI is InChI=1S/C17H25NO4/c1-6-21-16(20)14(13-10-8-7-9-11-13)18-12(2)15(19)22-17(3,4)5/h7-12,14,18H,6H2,1-5H3. The minimum atomic E-state index is -0.705. The molecular weight excluding hydrogens is 282 g/mol. The van der Waals surface area contributed by atoms with Gasteiger partial charge in [-0.1, -0.05) is 30.3 Å². The van der Waals surface area contributed by atoms with Gasteiger partial charge in [-0.15, -0.1) is 0 Å². The van der Waals surface area contributed by atoms with Crippen molar-refractivity contribution in [1.29, 1.82) is 0 Å². The maximum Gasteiger partial charge on any atom is 0.327 e. The van der Waals surface area contributed by atoms with Crippen molar-refractivity contribution in [3.8, 4) is 0 Å². The van der Waals surface area contributed by atoms with E-state index in [1.54, 1.807) is 34.6 Å². The highest BCUT2D eigenvalue weighted by Crippen LogP contribution is 2.16. The molecule has 5 heteroatoms. The Morgan fingerprint density at radius 1 is 1.14 bits per heavy atom. The molecule has 0 amide bonds. The number of esters is 2. The first-order valence-electron chi connectivity index (χ1n) is 7.45. The maximum atomic E-state index is 12.2. The Morgan fingerprint density at radius 2 is 1.73 bits per heavy atom. The number of carbonyl (C=O) groups excluding carboxylic acids is 2. The van der Waals surface area contributed by atoms with Crippen LogP contribution >= 0.6 is 0 Å². The molecule has 0 aliphatic heterocycles. The third-order valence-corrected chi connectivity index (χ3v) is 2.83. The molecule has 0 aliphatic rings. The van der Waals surface area contributed by atoms with Crippen LogP contribution in [0.25, 0.3) is 0 Å². The number of carbonyl (C=O) groups is 2. The molecule has 22 heavy (non-hydrogen) atoms. The van der Waals surface area contributed by atoms with E-state index in [9.17, 15) is 9.59 Å². The average Bonchev–Trinajstić information content (AvgIpc) is 2.43. The van der Waals surface area contributed by atoms with Gasteiger partial charge >= 0.3 is 11.9 Å². The Balaban J connectivity index is 2.85. The second kappa shape index (κ2) is 7.94. The van der Waals surface area contributed by atoms with Crippen LogP contribution < -0.4 is 5.32 Å². The monoisotopic (exact) mass is 307 g/mol. The molecule has 1 aromatic rings. The van der Waals surface area contributed by atoms with Crippen LogP contribution in [0.3, 0.4) is 0 Å². The van der Waals surface area contributed by atoms with Crippen molar-refractivity contribution in [2.24, 2.45) is 0 Å². The van der Waals surface area contributed by atoms with Crippen molar-refractivity contribution in [2.45, 2.75) is 52.3 Å². The summed E-state index contributed by atoms with van der Waals surface area (Å²) in [6.45, 7) is 9.11. The van der Waals surface area contributed by atoms with Crippen LogP contribution in [0.4, 0.5) is 0 Å². The molecule has 5 nitrogen and oxygen atoms in total. The molecule has 2 atom stereocenters. The molecule has 1 aromatic carbocycles. The van der Waals surface area contributed by atoms with Crippen LogP contribution in [0.15, 0.2) is 30.3 Å². The van der Waals surface area contributed by atoms with Gasteiger partial charge in [0.25, 0.3) is 0 Å². The lowest BCUT2D eigenvalue weighted by molar-refractivity contribution is -0.157. The molecule has 0 radical (unpaired) electrons. The first kappa shape index (κ1) is 18.2. The molecule has 0 spiro atoms. The molecule has 0 saturated heterocycles. The summed E-state index contributed by atoms with van der Waals surface area (Å²) in [5.41, 5.74) is 0.176. The summed E-state index contributed by atoms with van der Waals surface area (Å²) in [7, 11) is 0. The quantitative estimate of drug-likeness (QED) is 0.818. The number of nitrogens with one attached hydrogen (secondary N) is 1. The summed E-state index contributed by atoms with van der Waals surface area (Å²) in [6.07, 6.45) is 0. The van der Waals surface area contributed by atoms with Crippen LogP contribution in [-0.4, -0.2) is 30.2 Å². The van der Waals surface area contributed by atoms with Crippen molar-refractivity contribution in [3.05, 3.63) is 35.9 Å². The summed E-state index contributed by atoms with van der Waals surface area (Å²) in [4.78, 5) is 24.2. The largest absolute Gasteiger partial charge is 0.465 e. The molecule has 1 N–H and O–H groups in total. The highest BCUT2D eigenvalue weighted by atomic mass is 16.6. The fraction of sp³-hybridized carbons (Fsp3) is 0.529. The molecule has 0 saturated carbocycles. The van der Waals surface area contributed by atoms with Crippen molar-refractivity contribution >= 4 is 11.9 Å². The molecule has 2 unspecified atom stereocenters. The van der Waals surface area contributed by atoms with Crippen molar-refractivity contribution in [2.75, 3.05) is 6.61 Å². The van der Waals surface area contributed by atoms with Gasteiger partial charge in [-0.05, 0) is 40.2 Å². The fourth-order valence-electron chi connectivity index (χ4n) is 1.88. The zero-order chi connectivity index (χ0) is 16.8. The lowest BCUT2D eigenvalue weighted by Crippen LogP contribution is -2.43. The summed E-state index contributed by atoms with van der Waals surface area (Å²) >= 11 is 0. The predicted octanol–water partition coefficient (Wildman–Crippen LogP) is 2.61. The number of benzene rings is 1. The molecule has 122 valence electrons. The lowest BCUT2D eigenvalue weighted by Gasteiger charge is -2.25. The van der Waals surface area contributed by atoms with Crippen LogP contribution in [0, 0.1) is 0 Å². The highest BCUT2D eigenvalue weighted by molar-refractivity contribution is 5.80. The van der Waals surface area contributed by atoms with Crippen molar-refractivity contribution in [1.82, 2.24) is 5.32 Å². The average molecular weight is 307 g/mol. The third kappa shape index (κ3) is 5.85. The Bertz CT molecular complexity index is 493. The van der Waals surface area contributed by atoms with E-state index < -0.39 is 29.6 Å². The van der Waals surface area contributed by atoms with E-state index in [2.05, 4.69) is 5.32 Å². The van der Waals surface area contributed by atoms with E-state index in [1.165, 1.54) is 0 Å². The van der Waals surface area contributed by atoms with Crippen molar-refractivity contribution in [3.63, 3.8) is 0 Å².